The number of halogens is 1. The van der Waals surface area contributed by atoms with E-state index in [2.05, 4.69) is 44.2 Å². The van der Waals surface area contributed by atoms with Crippen LogP contribution >= 0.6 is 11.6 Å². The van der Waals surface area contributed by atoms with Gasteiger partial charge in [0.15, 0.2) is 0 Å². The average molecular weight is 295 g/mol. The summed E-state index contributed by atoms with van der Waals surface area (Å²) in [4.78, 5) is 0. The summed E-state index contributed by atoms with van der Waals surface area (Å²) < 4.78 is 0. The Morgan fingerprint density at radius 1 is 0.850 bits per heavy atom. The fourth-order valence-corrected chi connectivity index (χ4v) is 2.98. The minimum atomic E-state index is 0.167. The van der Waals surface area contributed by atoms with Gasteiger partial charge in [-0.1, -0.05) is 95.5 Å². The highest BCUT2D eigenvalue weighted by Crippen LogP contribution is 2.32. The molecule has 0 radical (unpaired) electrons. The first-order valence-corrected chi connectivity index (χ1v) is 8.88. The normalized spacial score (nSPS) is 14.2. The molecule has 1 heteroatoms. The number of unbranched alkanes of at least 4 members (excludes halogenated alkanes) is 7. The lowest BCUT2D eigenvalue weighted by Gasteiger charge is -2.18. The number of rotatable bonds is 11. The van der Waals surface area contributed by atoms with Crippen molar-refractivity contribution in [2.75, 3.05) is 0 Å². The minimum Gasteiger partial charge on any atom is -0.118 e. The van der Waals surface area contributed by atoms with Crippen LogP contribution in [0.1, 0.15) is 82.6 Å². The van der Waals surface area contributed by atoms with Crippen LogP contribution in [0.15, 0.2) is 30.3 Å². The molecule has 2 atom stereocenters. The number of hydrogen-bond acceptors (Lipinski definition) is 0. The largest absolute Gasteiger partial charge is 0.118 e. The van der Waals surface area contributed by atoms with Crippen molar-refractivity contribution in [3.05, 3.63) is 35.9 Å². The van der Waals surface area contributed by atoms with Crippen LogP contribution in [0.4, 0.5) is 0 Å². The summed E-state index contributed by atoms with van der Waals surface area (Å²) in [5.41, 5.74) is 1.27. The molecule has 1 aromatic rings. The lowest BCUT2D eigenvalue weighted by atomic mass is 9.94. The van der Waals surface area contributed by atoms with Gasteiger partial charge in [0.2, 0.25) is 0 Å². The second-order valence-electron chi connectivity index (χ2n) is 6.05. The third-order valence-corrected chi connectivity index (χ3v) is 4.81. The van der Waals surface area contributed by atoms with E-state index in [1.165, 1.54) is 63.4 Å². The summed E-state index contributed by atoms with van der Waals surface area (Å²) in [7, 11) is 0. The molecule has 0 N–H and O–H groups in total. The summed E-state index contributed by atoms with van der Waals surface area (Å²) in [6, 6.07) is 10.5. The summed E-state index contributed by atoms with van der Waals surface area (Å²) in [5, 5.41) is 0.167. The monoisotopic (exact) mass is 294 g/mol. The fourth-order valence-electron chi connectivity index (χ4n) is 2.71. The molecule has 20 heavy (non-hydrogen) atoms. The molecule has 0 fully saturated rings. The van der Waals surface area contributed by atoms with Crippen molar-refractivity contribution in [2.24, 2.45) is 5.92 Å². The minimum absolute atomic E-state index is 0.167. The van der Waals surface area contributed by atoms with Gasteiger partial charge in [-0.15, -0.1) is 11.6 Å². The third kappa shape index (κ3) is 7.33. The Labute approximate surface area is 130 Å². The first kappa shape index (κ1) is 17.6. The van der Waals surface area contributed by atoms with Crippen molar-refractivity contribution >= 4 is 11.6 Å². The van der Waals surface area contributed by atoms with Gasteiger partial charge in [0.25, 0.3) is 0 Å². The van der Waals surface area contributed by atoms with Crippen LogP contribution in [0.3, 0.4) is 0 Å². The summed E-state index contributed by atoms with van der Waals surface area (Å²) in [6.07, 6.45) is 12.3. The molecule has 1 aromatic carbocycles. The zero-order chi connectivity index (χ0) is 14.6. The Hall–Kier alpha value is -0.490. The highest BCUT2D eigenvalue weighted by Gasteiger charge is 2.15. The van der Waals surface area contributed by atoms with Gasteiger partial charge in [-0.2, -0.15) is 0 Å². The molecule has 0 heterocycles. The first-order valence-electron chi connectivity index (χ1n) is 8.44. The van der Waals surface area contributed by atoms with Crippen LogP contribution < -0.4 is 0 Å². The zero-order valence-corrected chi connectivity index (χ0v) is 14.0. The molecule has 114 valence electrons. The lowest BCUT2D eigenvalue weighted by Crippen LogP contribution is -2.04. The predicted molar refractivity (Wildman–Crippen MR) is 91.4 cm³/mol. The van der Waals surface area contributed by atoms with Gasteiger partial charge in [0.05, 0.1) is 5.38 Å². The van der Waals surface area contributed by atoms with Gasteiger partial charge >= 0.3 is 0 Å². The number of benzene rings is 1. The maximum atomic E-state index is 6.55. The van der Waals surface area contributed by atoms with Gasteiger partial charge in [0, 0.05) is 0 Å². The second-order valence-corrected chi connectivity index (χ2v) is 6.52. The van der Waals surface area contributed by atoms with Crippen molar-refractivity contribution in [1.29, 1.82) is 0 Å². The van der Waals surface area contributed by atoms with Crippen molar-refractivity contribution in [3.63, 3.8) is 0 Å². The molecular formula is C19H31Cl. The molecular weight excluding hydrogens is 264 g/mol. The highest BCUT2D eigenvalue weighted by molar-refractivity contribution is 6.20. The Kier molecular flexibility index (Phi) is 9.83. The van der Waals surface area contributed by atoms with E-state index >= 15 is 0 Å². The molecule has 0 aromatic heterocycles. The van der Waals surface area contributed by atoms with E-state index < -0.39 is 0 Å². The van der Waals surface area contributed by atoms with E-state index in [1.54, 1.807) is 0 Å². The van der Waals surface area contributed by atoms with E-state index in [9.17, 15) is 0 Å². The molecule has 1 rings (SSSR count). The summed E-state index contributed by atoms with van der Waals surface area (Å²) in [5.74, 6) is 0.569. The van der Waals surface area contributed by atoms with Crippen LogP contribution in [0.2, 0.25) is 0 Å². The van der Waals surface area contributed by atoms with Crippen LogP contribution in [0, 0.1) is 5.92 Å². The molecule has 0 aliphatic carbocycles. The van der Waals surface area contributed by atoms with Crippen molar-refractivity contribution < 1.29 is 0 Å². The van der Waals surface area contributed by atoms with E-state index in [-0.39, 0.29) is 5.38 Å². The SMILES string of the molecule is CCCCCCCCCCC(C)C(Cl)c1ccccc1. The molecule has 0 nitrogen and oxygen atoms in total. The average Bonchev–Trinajstić information content (AvgIpc) is 2.50. The van der Waals surface area contributed by atoms with E-state index in [1.807, 2.05) is 0 Å². The van der Waals surface area contributed by atoms with E-state index in [0.29, 0.717) is 5.92 Å². The standard InChI is InChI=1S/C19H31Cl/c1-3-4-5-6-7-8-9-11-14-17(2)19(20)18-15-12-10-13-16-18/h10,12-13,15-17,19H,3-9,11,14H2,1-2H3. The van der Waals surface area contributed by atoms with Crippen LogP contribution in [0.5, 0.6) is 0 Å². The quantitative estimate of drug-likeness (QED) is 0.301. The molecule has 2 unspecified atom stereocenters. The Morgan fingerprint density at radius 2 is 1.40 bits per heavy atom. The Morgan fingerprint density at radius 3 is 2.00 bits per heavy atom. The van der Waals surface area contributed by atoms with Gasteiger partial charge in [-0.25, -0.2) is 0 Å². The lowest BCUT2D eigenvalue weighted by molar-refractivity contribution is 0.469. The summed E-state index contributed by atoms with van der Waals surface area (Å²) >= 11 is 6.55. The molecule has 0 amide bonds. The topological polar surface area (TPSA) is 0 Å². The van der Waals surface area contributed by atoms with E-state index in [0.717, 1.165) is 0 Å². The van der Waals surface area contributed by atoms with Gasteiger partial charge in [0.1, 0.15) is 0 Å². The molecule has 0 saturated heterocycles. The molecule has 0 saturated carbocycles. The van der Waals surface area contributed by atoms with Crippen LogP contribution in [-0.4, -0.2) is 0 Å². The number of alkyl halides is 1. The molecule has 0 aliphatic rings. The van der Waals surface area contributed by atoms with Gasteiger partial charge in [-0.3, -0.25) is 0 Å². The smallest absolute Gasteiger partial charge is 0.0610 e. The van der Waals surface area contributed by atoms with Crippen molar-refractivity contribution in [2.45, 2.75) is 77.0 Å². The van der Waals surface area contributed by atoms with Gasteiger partial charge in [-0.05, 0) is 17.9 Å². The maximum absolute atomic E-state index is 6.55. The first-order chi connectivity index (χ1) is 9.75. The number of hydrogen-bond donors (Lipinski definition) is 0. The molecule has 0 aliphatic heterocycles. The zero-order valence-electron chi connectivity index (χ0n) is 13.3. The van der Waals surface area contributed by atoms with Crippen LogP contribution in [0.25, 0.3) is 0 Å². The van der Waals surface area contributed by atoms with Crippen molar-refractivity contribution in [3.8, 4) is 0 Å². The fraction of sp³-hybridized carbons (Fsp3) is 0.684. The predicted octanol–water partition coefficient (Wildman–Crippen LogP) is 7.13. The van der Waals surface area contributed by atoms with Gasteiger partial charge < -0.3 is 0 Å². The second kappa shape index (κ2) is 11.2. The summed E-state index contributed by atoms with van der Waals surface area (Å²) in [6.45, 7) is 4.56. The third-order valence-electron chi connectivity index (χ3n) is 4.13. The maximum Gasteiger partial charge on any atom is 0.0610 e. The van der Waals surface area contributed by atoms with E-state index in [4.69, 9.17) is 11.6 Å². The van der Waals surface area contributed by atoms with Crippen LogP contribution in [-0.2, 0) is 0 Å². The Bertz CT molecular complexity index is 320. The molecule has 0 spiro atoms. The van der Waals surface area contributed by atoms with Crippen molar-refractivity contribution in [1.82, 2.24) is 0 Å². The highest BCUT2D eigenvalue weighted by atomic mass is 35.5. The Balaban J connectivity index is 2.07. The molecule has 0 bridgehead atoms.